The first kappa shape index (κ1) is 18.3. The number of aromatic nitrogens is 2. The SMILES string of the molecule is CNc1nnc(SCC(=O)N2c3ccccc3SC[C@H]2c2ccccc2)s1. The van der Waals surface area contributed by atoms with E-state index in [1.165, 1.54) is 23.1 Å². The number of anilines is 2. The molecule has 2 heterocycles. The maximum absolute atomic E-state index is 13.2. The summed E-state index contributed by atoms with van der Waals surface area (Å²) in [6, 6.07) is 18.4. The molecule has 0 unspecified atom stereocenters. The first-order chi connectivity index (χ1) is 13.3. The molecule has 1 amide bonds. The zero-order valence-corrected chi connectivity index (χ0v) is 17.1. The van der Waals surface area contributed by atoms with Crippen molar-refractivity contribution in [2.24, 2.45) is 0 Å². The Morgan fingerprint density at radius 2 is 1.96 bits per heavy atom. The van der Waals surface area contributed by atoms with Crippen molar-refractivity contribution < 1.29 is 4.79 Å². The van der Waals surface area contributed by atoms with Crippen LogP contribution in [0.25, 0.3) is 0 Å². The first-order valence-corrected chi connectivity index (χ1v) is 11.3. The molecule has 2 aromatic carbocycles. The molecule has 1 N–H and O–H groups in total. The molecule has 0 saturated heterocycles. The minimum Gasteiger partial charge on any atom is -0.363 e. The van der Waals surface area contributed by atoms with E-state index >= 15 is 0 Å². The van der Waals surface area contributed by atoms with Gasteiger partial charge in [-0.15, -0.1) is 22.0 Å². The number of carbonyl (C=O) groups is 1. The van der Waals surface area contributed by atoms with Gasteiger partial charge >= 0.3 is 0 Å². The number of fused-ring (bicyclic) bond motifs is 1. The normalized spacial score (nSPS) is 16.0. The van der Waals surface area contributed by atoms with Crippen molar-refractivity contribution in [1.29, 1.82) is 0 Å². The van der Waals surface area contributed by atoms with Crippen LogP contribution in [0.3, 0.4) is 0 Å². The van der Waals surface area contributed by atoms with Crippen molar-refractivity contribution in [1.82, 2.24) is 10.2 Å². The van der Waals surface area contributed by atoms with Crippen molar-refractivity contribution in [2.75, 3.05) is 28.8 Å². The van der Waals surface area contributed by atoms with Gasteiger partial charge in [-0.3, -0.25) is 4.79 Å². The van der Waals surface area contributed by atoms with E-state index in [1.54, 1.807) is 11.8 Å². The zero-order chi connectivity index (χ0) is 18.6. The van der Waals surface area contributed by atoms with E-state index in [4.69, 9.17) is 0 Å². The van der Waals surface area contributed by atoms with Crippen LogP contribution >= 0.6 is 34.9 Å². The number of nitrogens with one attached hydrogen (secondary N) is 1. The summed E-state index contributed by atoms with van der Waals surface area (Å²) in [7, 11) is 1.81. The molecule has 0 fully saturated rings. The number of rotatable bonds is 5. The van der Waals surface area contributed by atoms with Gasteiger partial charge in [-0.2, -0.15) is 0 Å². The third-order valence-corrected chi connectivity index (χ3v) is 7.42. The number of hydrogen-bond donors (Lipinski definition) is 1. The van der Waals surface area contributed by atoms with Crippen LogP contribution in [0.1, 0.15) is 11.6 Å². The van der Waals surface area contributed by atoms with Crippen LogP contribution in [-0.4, -0.2) is 34.7 Å². The fraction of sp³-hybridized carbons (Fsp3) is 0.211. The van der Waals surface area contributed by atoms with Gasteiger partial charge in [-0.25, -0.2) is 0 Å². The van der Waals surface area contributed by atoms with E-state index in [0.717, 1.165) is 31.4 Å². The monoisotopic (exact) mass is 414 g/mol. The predicted molar refractivity (Wildman–Crippen MR) is 114 cm³/mol. The summed E-state index contributed by atoms with van der Waals surface area (Å²) in [4.78, 5) is 16.3. The number of thioether (sulfide) groups is 2. The summed E-state index contributed by atoms with van der Waals surface area (Å²) in [5.74, 6) is 1.27. The van der Waals surface area contributed by atoms with Gasteiger partial charge in [0.2, 0.25) is 11.0 Å². The molecule has 4 rings (SSSR count). The van der Waals surface area contributed by atoms with Crippen LogP contribution in [0.4, 0.5) is 10.8 Å². The molecule has 1 aromatic heterocycles. The van der Waals surface area contributed by atoms with Gasteiger partial charge in [-0.1, -0.05) is 65.6 Å². The van der Waals surface area contributed by atoms with Crippen molar-refractivity contribution in [3.63, 3.8) is 0 Å². The molecule has 0 radical (unpaired) electrons. The maximum atomic E-state index is 13.2. The summed E-state index contributed by atoms with van der Waals surface area (Å²) in [5.41, 5.74) is 2.15. The minimum atomic E-state index is 0.0292. The molecular weight excluding hydrogens is 396 g/mol. The molecule has 0 bridgehead atoms. The highest BCUT2D eigenvalue weighted by Gasteiger charge is 2.32. The Morgan fingerprint density at radius 1 is 1.19 bits per heavy atom. The lowest BCUT2D eigenvalue weighted by atomic mass is 10.1. The Balaban J connectivity index is 1.60. The van der Waals surface area contributed by atoms with E-state index < -0.39 is 0 Å². The Bertz CT molecular complexity index is 931. The average Bonchev–Trinajstić information content (AvgIpc) is 3.20. The first-order valence-electron chi connectivity index (χ1n) is 8.49. The number of carbonyl (C=O) groups excluding carboxylic acids is 1. The number of benzene rings is 2. The third-order valence-electron chi connectivity index (χ3n) is 4.23. The highest BCUT2D eigenvalue weighted by Crippen LogP contribution is 2.43. The molecule has 8 heteroatoms. The molecule has 27 heavy (non-hydrogen) atoms. The van der Waals surface area contributed by atoms with E-state index in [-0.39, 0.29) is 11.9 Å². The highest BCUT2D eigenvalue weighted by atomic mass is 32.2. The summed E-state index contributed by atoms with van der Waals surface area (Å²) in [6.07, 6.45) is 0. The van der Waals surface area contributed by atoms with Gasteiger partial charge in [0, 0.05) is 17.7 Å². The summed E-state index contributed by atoms with van der Waals surface area (Å²) < 4.78 is 0.795. The third kappa shape index (κ3) is 3.97. The Hall–Kier alpha value is -2.03. The Morgan fingerprint density at radius 3 is 2.74 bits per heavy atom. The van der Waals surface area contributed by atoms with Crippen LogP contribution in [0.5, 0.6) is 0 Å². The lowest BCUT2D eigenvalue weighted by molar-refractivity contribution is -0.116. The number of hydrogen-bond acceptors (Lipinski definition) is 7. The van der Waals surface area contributed by atoms with Crippen molar-refractivity contribution >= 4 is 51.6 Å². The highest BCUT2D eigenvalue weighted by molar-refractivity contribution is 8.01. The topological polar surface area (TPSA) is 58.1 Å². The summed E-state index contributed by atoms with van der Waals surface area (Å²) in [6.45, 7) is 0. The van der Waals surface area contributed by atoms with Gasteiger partial charge in [0.25, 0.3) is 0 Å². The lowest BCUT2D eigenvalue weighted by Gasteiger charge is -2.37. The smallest absolute Gasteiger partial charge is 0.238 e. The fourth-order valence-corrected chi connectivity index (χ4v) is 5.71. The van der Waals surface area contributed by atoms with Gasteiger partial charge < -0.3 is 10.2 Å². The minimum absolute atomic E-state index is 0.0292. The second-order valence-corrected chi connectivity index (χ2v) is 9.14. The van der Waals surface area contributed by atoms with Crippen LogP contribution < -0.4 is 10.2 Å². The predicted octanol–water partition coefficient (Wildman–Crippen LogP) is 4.55. The largest absolute Gasteiger partial charge is 0.363 e. The molecule has 0 spiro atoms. The number of nitrogens with zero attached hydrogens (tertiary/aromatic N) is 3. The second-order valence-electron chi connectivity index (χ2n) is 5.88. The zero-order valence-electron chi connectivity index (χ0n) is 14.7. The van der Waals surface area contributed by atoms with Crippen LogP contribution in [0, 0.1) is 0 Å². The quantitative estimate of drug-likeness (QED) is 0.618. The lowest BCUT2D eigenvalue weighted by Crippen LogP contribution is -2.39. The molecule has 3 aromatic rings. The second kappa shape index (κ2) is 8.33. The number of para-hydroxylation sites is 1. The molecule has 0 aliphatic carbocycles. The summed E-state index contributed by atoms with van der Waals surface area (Å²) >= 11 is 4.70. The fourth-order valence-electron chi connectivity index (χ4n) is 2.98. The number of amides is 1. The molecule has 1 atom stereocenters. The van der Waals surface area contributed by atoms with Gasteiger partial charge in [0.1, 0.15) is 0 Å². The molecule has 1 aliphatic heterocycles. The Kier molecular flexibility index (Phi) is 5.66. The van der Waals surface area contributed by atoms with Gasteiger partial charge in [0.15, 0.2) is 4.34 Å². The van der Waals surface area contributed by atoms with Crippen LogP contribution in [0.15, 0.2) is 63.8 Å². The van der Waals surface area contributed by atoms with E-state index in [0.29, 0.717) is 5.75 Å². The van der Waals surface area contributed by atoms with Crippen molar-refractivity contribution in [3.05, 3.63) is 60.2 Å². The standard InChI is InChI=1S/C19H18N4OS3/c1-20-18-21-22-19(27-18)26-12-17(24)23-14-9-5-6-10-16(14)25-11-15(23)13-7-3-2-4-8-13/h2-10,15H,11-12H2,1H3,(H,20,21)/t15-/m0/s1. The van der Waals surface area contributed by atoms with Crippen LogP contribution in [0.2, 0.25) is 0 Å². The Labute approximate surface area is 170 Å². The molecule has 1 aliphatic rings. The van der Waals surface area contributed by atoms with E-state index in [2.05, 4.69) is 33.7 Å². The molecule has 5 nitrogen and oxygen atoms in total. The maximum Gasteiger partial charge on any atom is 0.238 e. The van der Waals surface area contributed by atoms with E-state index in [1.807, 2.05) is 48.3 Å². The average molecular weight is 415 g/mol. The van der Waals surface area contributed by atoms with Gasteiger partial charge in [-0.05, 0) is 17.7 Å². The molecule has 0 saturated carbocycles. The van der Waals surface area contributed by atoms with Gasteiger partial charge in [0.05, 0.1) is 17.5 Å². The van der Waals surface area contributed by atoms with Crippen molar-refractivity contribution in [2.45, 2.75) is 15.3 Å². The van der Waals surface area contributed by atoms with Crippen LogP contribution in [-0.2, 0) is 4.79 Å². The molecule has 138 valence electrons. The summed E-state index contributed by atoms with van der Waals surface area (Å²) in [5, 5.41) is 11.9. The van der Waals surface area contributed by atoms with E-state index in [9.17, 15) is 4.79 Å². The molecular formula is C19H18N4OS3. The van der Waals surface area contributed by atoms with Crippen molar-refractivity contribution in [3.8, 4) is 0 Å².